The first kappa shape index (κ1) is 24.6. The van der Waals surface area contributed by atoms with Crippen molar-refractivity contribution in [3.63, 3.8) is 0 Å². The van der Waals surface area contributed by atoms with Gasteiger partial charge in [-0.3, -0.25) is 24.5 Å². The van der Waals surface area contributed by atoms with E-state index in [2.05, 4.69) is 15.6 Å². The van der Waals surface area contributed by atoms with E-state index in [4.69, 9.17) is 16.3 Å². The number of para-hydroxylation sites is 2. The fraction of sp³-hybridized carbons (Fsp3) is 0.200. The highest BCUT2D eigenvalue weighted by molar-refractivity contribution is 6.35. The van der Waals surface area contributed by atoms with E-state index in [0.29, 0.717) is 34.1 Å². The number of rotatable bonds is 4. The van der Waals surface area contributed by atoms with E-state index in [1.165, 1.54) is 19.1 Å². The molecule has 0 aliphatic carbocycles. The van der Waals surface area contributed by atoms with Crippen LogP contribution in [0.1, 0.15) is 18.1 Å². The van der Waals surface area contributed by atoms with Gasteiger partial charge in [0.15, 0.2) is 0 Å². The summed E-state index contributed by atoms with van der Waals surface area (Å²) in [6.07, 6.45) is 2.31. The van der Waals surface area contributed by atoms with E-state index in [1.54, 1.807) is 30.3 Å². The summed E-state index contributed by atoms with van der Waals surface area (Å²) >= 11 is 6.45. The normalized spacial score (nSPS) is 25.0. The average Bonchev–Trinajstić information content (AvgIpc) is 3.64. The molecule has 2 saturated heterocycles. The summed E-state index contributed by atoms with van der Waals surface area (Å²) in [6.45, 7) is 1.29. The van der Waals surface area contributed by atoms with Gasteiger partial charge in [0.25, 0.3) is 0 Å². The summed E-state index contributed by atoms with van der Waals surface area (Å²) < 4.78 is 5.11. The van der Waals surface area contributed by atoms with Crippen molar-refractivity contribution in [3.8, 4) is 5.75 Å². The number of carbonyl (C=O) groups is 4. The molecule has 4 atom stereocenters. The van der Waals surface area contributed by atoms with Crippen molar-refractivity contribution >= 4 is 57.6 Å². The van der Waals surface area contributed by atoms with E-state index in [1.807, 2.05) is 30.5 Å². The fourth-order valence-corrected chi connectivity index (χ4v) is 6.81. The van der Waals surface area contributed by atoms with Gasteiger partial charge >= 0.3 is 5.97 Å². The number of benzene rings is 3. The highest BCUT2D eigenvalue weighted by Crippen LogP contribution is 2.55. The lowest BCUT2D eigenvalue weighted by Gasteiger charge is -2.29. The number of hydrogen-bond acceptors (Lipinski definition) is 6. The van der Waals surface area contributed by atoms with Crippen LogP contribution in [0.4, 0.5) is 11.4 Å². The van der Waals surface area contributed by atoms with Crippen molar-refractivity contribution in [3.05, 3.63) is 89.1 Å². The first-order chi connectivity index (χ1) is 19.3. The van der Waals surface area contributed by atoms with Crippen LogP contribution in [0, 0.1) is 11.8 Å². The molecule has 1 spiro atoms. The van der Waals surface area contributed by atoms with Crippen LogP contribution in [0.2, 0.25) is 5.02 Å². The van der Waals surface area contributed by atoms with Crippen LogP contribution in [-0.2, 0) is 31.1 Å². The number of esters is 1. The van der Waals surface area contributed by atoms with Crippen molar-refractivity contribution in [2.45, 2.75) is 24.9 Å². The van der Waals surface area contributed by atoms with Gasteiger partial charge in [-0.2, -0.15) is 0 Å². The summed E-state index contributed by atoms with van der Waals surface area (Å²) in [5.74, 6) is -3.29. The van der Waals surface area contributed by atoms with Crippen molar-refractivity contribution in [2.24, 2.45) is 11.8 Å². The molecule has 0 unspecified atom stereocenters. The van der Waals surface area contributed by atoms with Gasteiger partial charge in [0.2, 0.25) is 17.7 Å². The highest BCUT2D eigenvalue weighted by Gasteiger charge is 2.70. The molecule has 4 aromatic rings. The number of ether oxygens (including phenoxy) is 1. The Balaban J connectivity index is 1.34. The molecule has 3 N–H and O–H groups in total. The van der Waals surface area contributed by atoms with E-state index < -0.39 is 47.1 Å². The Morgan fingerprint density at radius 1 is 1.00 bits per heavy atom. The maximum absolute atomic E-state index is 14.2. The zero-order valence-corrected chi connectivity index (χ0v) is 22.0. The van der Waals surface area contributed by atoms with Crippen LogP contribution in [0.15, 0.2) is 72.9 Å². The zero-order valence-electron chi connectivity index (χ0n) is 21.2. The molecular formula is C30H23ClN4O5. The minimum Gasteiger partial charge on any atom is -0.427 e. The van der Waals surface area contributed by atoms with Gasteiger partial charge < -0.3 is 15.0 Å². The first-order valence-electron chi connectivity index (χ1n) is 12.9. The molecule has 3 aliphatic heterocycles. The minimum atomic E-state index is -1.47. The number of halogens is 1. The SMILES string of the molecule is CC(=O)Oc1ccc(N2C(=O)[C@@H]3[C@H](Cc4c[nH]c5ccccc45)N[C@@]4(C(=O)Nc5c(Cl)cccc54)[C@H]3C2=O)cc1. The molecule has 40 heavy (non-hydrogen) atoms. The Bertz CT molecular complexity index is 1750. The van der Waals surface area contributed by atoms with E-state index in [0.717, 1.165) is 21.4 Å². The molecule has 0 saturated carbocycles. The van der Waals surface area contributed by atoms with Crippen molar-refractivity contribution < 1.29 is 23.9 Å². The Morgan fingerprint density at radius 2 is 1.77 bits per heavy atom. The smallest absolute Gasteiger partial charge is 0.308 e. The molecule has 200 valence electrons. The van der Waals surface area contributed by atoms with Gasteiger partial charge in [-0.25, -0.2) is 4.90 Å². The molecule has 3 amide bonds. The number of nitrogens with zero attached hydrogens (tertiary/aromatic N) is 1. The zero-order chi connectivity index (χ0) is 27.8. The third-order valence-corrected chi connectivity index (χ3v) is 8.49. The molecular weight excluding hydrogens is 532 g/mol. The van der Waals surface area contributed by atoms with Crippen LogP contribution in [0.25, 0.3) is 10.9 Å². The maximum atomic E-state index is 14.2. The van der Waals surface area contributed by atoms with Gasteiger partial charge in [-0.15, -0.1) is 0 Å². The standard InChI is InChI=1S/C30H23ClN4O5/c1-15(36)40-18-11-9-17(10-12-18)35-27(37)24-23(13-16-14-32-22-8-3-2-5-19(16)22)34-30(25(24)28(35)38)20-6-4-7-21(31)26(20)33-29(30)39/h2-12,14,23-25,32,34H,13H2,1H3,(H,33,39)/t23-,24+,25+,30+/m0/s1. The summed E-state index contributed by atoms with van der Waals surface area (Å²) in [4.78, 5) is 57.8. The van der Waals surface area contributed by atoms with E-state index in [9.17, 15) is 19.2 Å². The topological polar surface area (TPSA) is 121 Å². The number of hydrogen-bond donors (Lipinski definition) is 3. The van der Waals surface area contributed by atoms with Gasteiger partial charge in [0, 0.05) is 35.6 Å². The lowest BCUT2D eigenvalue weighted by molar-refractivity contribution is -0.132. The monoisotopic (exact) mass is 554 g/mol. The molecule has 1 aromatic heterocycles. The average molecular weight is 555 g/mol. The molecule has 7 rings (SSSR count). The largest absolute Gasteiger partial charge is 0.427 e. The quantitative estimate of drug-likeness (QED) is 0.200. The number of nitrogens with one attached hydrogen (secondary N) is 3. The third kappa shape index (κ3) is 3.38. The Morgan fingerprint density at radius 3 is 2.55 bits per heavy atom. The van der Waals surface area contributed by atoms with Gasteiger partial charge in [0.05, 0.1) is 28.2 Å². The summed E-state index contributed by atoms with van der Waals surface area (Å²) in [5, 5.41) is 7.69. The van der Waals surface area contributed by atoms with Crippen LogP contribution in [0.5, 0.6) is 5.75 Å². The summed E-state index contributed by atoms with van der Waals surface area (Å²) in [6, 6.07) is 18.7. The number of anilines is 2. The molecule has 3 aliphatic rings. The fourth-order valence-electron chi connectivity index (χ4n) is 6.59. The maximum Gasteiger partial charge on any atom is 0.308 e. The number of amides is 3. The van der Waals surface area contributed by atoms with Crippen molar-refractivity contribution in [1.29, 1.82) is 0 Å². The Labute approximate surface area is 233 Å². The van der Waals surface area contributed by atoms with Crippen LogP contribution in [0.3, 0.4) is 0 Å². The first-order valence-corrected chi connectivity index (χ1v) is 13.3. The molecule has 3 aromatic carbocycles. The second kappa shape index (κ2) is 8.77. The number of carbonyl (C=O) groups excluding carboxylic acids is 4. The molecule has 0 bridgehead atoms. The van der Waals surface area contributed by atoms with Crippen LogP contribution in [-0.4, -0.2) is 34.7 Å². The Kier molecular flexibility index (Phi) is 5.39. The number of aromatic nitrogens is 1. The van der Waals surface area contributed by atoms with E-state index in [-0.39, 0.29) is 0 Å². The lowest BCUT2D eigenvalue weighted by atomic mass is 9.76. The number of H-pyrrole nitrogens is 1. The van der Waals surface area contributed by atoms with Gasteiger partial charge in [-0.05, 0) is 48.4 Å². The highest BCUT2D eigenvalue weighted by atomic mass is 35.5. The molecule has 9 nitrogen and oxygen atoms in total. The number of fused-ring (bicyclic) bond motifs is 5. The summed E-state index contributed by atoms with van der Waals surface area (Å²) in [5.41, 5.74) is 1.79. The van der Waals surface area contributed by atoms with Crippen LogP contribution >= 0.6 is 11.6 Å². The third-order valence-electron chi connectivity index (χ3n) is 8.17. The minimum absolute atomic E-state index is 0.296. The predicted molar refractivity (Wildman–Crippen MR) is 148 cm³/mol. The van der Waals surface area contributed by atoms with E-state index >= 15 is 0 Å². The van der Waals surface area contributed by atoms with Crippen molar-refractivity contribution in [1.82, 2.24) is 10.3 Å². The Hall–Kier alpha value is -4.47. The molecule has 2 fully saturated rings. The number of aromatic amines is 1. The molecule has 10 heteroatoms. The van der Waals surface area contributed by atoms with Crippen molar-refractivity contribution in [2.75, 3.05) is 10.2 Å². The van der Waals surface area contributed by atoms with Crippen LogP contribution < -0.4 is 20.3 Å². The molecule has 4 heterocycles. The number of imide groups is 1. The second-order valence-electron chi connectivity index (χ2n) is 10.3. The predicted octanol–water partition coefficient (Wildman–Crippen LogP) is 3.91. The molecule has 0 radical (unpaired) electrons. The summed E-state index contributed by atoms with van der Waals surface area (Å²) in [7, 11) is 0. The van der Waals surface area contributed by atoms with Gasteiger partial charge in [0.1, 0.15) is 11.3 Å². The second-order valence-corrected chi connectivity index (χ2v) is 10.7. The lowest BCUT2D eigenvalue weighted by Crippen LogP contribution is -2.53. The van der Waals surface area contributed by atoms with Gasteiger partial charge in [-0.1, -0.05) is 41.9 Å².